The molecule has 3 nitrogen and oxygen atoms in total. The number of hydrogen-bond donors (Lipinski definition) is 0. The average molecular weight is 228 g/mol. The van der Waals surface area contributed by atoms with Gasteiger partial charge in [-0.05, 0) is 32.4 Å². The van der Waals surface area contributed by atoms with E-state index < -0.39 is 0 Å². The maximum atomic E-state index is 10.6. The van der Waals surface area contributed by atoms with E-state index in [0.717, 1.165) is 23.2 Å². The zero-order chi connectivity index (χ0) is 12.4. The Bertz CT molecular complexity index is 524. The summed E-state index contributed by atoms with van der Waals surface area (Å²) in [5.41, 5.74) is 3.88. The predicted octanol–water partition coefficient (Wildman–Crippen LogP) is 3.25. The second kappa shape index (κ2) is 4.53. The Morgan fingerprint density at radius 2 is 1.88 bits per heavy atom. The van der Waals surface area contributed by atoms with Crippen molar-refractivity contribution in [3.05, 3.63) is 41.6 Å². The van der Waals surface area contributed by atoms with Crippen LogP contribution in [0.15, 0.2) is 30.3 Å². The molecule has 1 aromatic heterocycles. The summed E-state index contributed by atoms with van der Waals surface area (Å²) in [5, 5.41) is 4.48. The van der Waals surface area contributed by atoms with Crippen molar-refractivity contribution in [1.29, 1.82) is 0 Å². The standard InChI is InChI=1S/C14H16N2O/c1-10(2)16-14(8-11(3)15-16)13-6-4-12(9-17)5-7-13/h4-10H,1-3H3. The zero-order valence-corrected chi connectivity index (χ0v) is 10.3. The van der Waals surface area contributed by atoms with E-state index in [9.17, 15) is 4.79 Å². The van der Waals surface area contributed by atoms with Gasteiger partial charge < -0.3 is 0 Å². The number of hydrogen-bond acceptors (Lipinski definition) is 2. The van der Waals surface area contributed by atoms with Crippen LogP contribution in [0.2, 0.25) is 0 Å². The van der Waals surface area contributed by atoms with Gasteiger partial charge >= 0.3 is 0 Å². The summed E-state index contributed by atoms with van der Waals surface area (Å²) >= 11 is 0. The summed E-state index contributed by atoms with van der Waals surface area (Å²) in [4.78, 5) is 10.6. The van der Waals surface area contributed by atoms with Gasteiger partial charge in [0.25, 0.3) is 0 Å². The number of aromatic nitrogens is 2. The molecule has 0 aliphatic rings. The van der Waals surface area contributed by atoms with Crippen molar-refractivity contribution in [2.24, 2.45) is 0 Å². The first-order valence-electron chi connectivity index (χ1n) is 5.73. The van der Waals surface area contributed by atoms with Gasteiger partial charge in [-0.25, -0.2) is 0 Å². The fourth-order valence-electron chi connectivity index (χ4n) is 1.86. The molecule has 1 aromatic carbocycles. The molecule has 0 spiro atoms. The van der Waals surface area contributed by atoms with Gasteiger partial charge in [0, 0.05) is 11.6 Å². The Balaban J connectivity index is 2.47. The number of carbonyl (C=O) groups excluding carboxylic acids is 1. The molecule has 0 amide bonds. The van der Waals surface area contributed by atoms with Crippen LogP contribution in [-0.2, 0) is 0 Å². The SMILES string of the molecule is Cc1cc(-c2ccc(C=O)cc2)n(C(C)C)n1. The van der Waals surface area contributed by atoms with Gasteiger partial charge in [0.2, 0.25) is 0 Å². The van der Waals surface area contributed by atoms with Crippen molar-refractivity contribution >= 4 is 6.29 Å². The van der Waals surface area contributed by atoms with Crippen molar-refractivity contribution in [2.75, 3.05) is 0 Å². The molecular formula is C14H16N2O. The van der Waals surface area contributed by atoms with Gasteiger partial charge in [-0.3, -0.25) is 9.48 Å². The average Bonchev–Trinajstić information content (AvgIpc) is 2.72. The van der Waals surface area contributed by atoms with E-state index in [1.807, 2.05) is 35.9 Å². The highest BCUT2D eigenvalue weighted by molar-refractivity contribution is 5.76. The second-order valence-corrected chi connectivity index (χ2v) is 4.45. The van der Waals surface area contributed by atoms with Gasteiger partial charge in [-0.15, -0.1) is 0 Å². The highest BCUT2D eigenvalue weighted by Crippen LogP contribution is 2.23. The van der Waals surface area contributed by atoms with Crippen molar-refractivity contribution < 1.29 is 4.79 Å². The molecule has 0 aliphatic heterocycles. The zero-order valence-electron chi connectivity index (χ0n) is 10.3. The number of aryl methyl sites for hydroxylation is 1. The normalized spacial score (nSPS) is 10.8. The quantitative estimate of drug-likeness (QED) is 0.756. The maximum absolute atomic E-state index is 10.6. The summed E-state index contributed by atoms with van der Waals surface area (Å²) < 4.78 is 2.01. The minimum absolute atomic E-state index is 0.324. The molecule has 2 aromatic rings. The van der Waals surface area contributed by atoms with Gasteiger partial charge in [-0.1, -0.05) is 24.3 Å². The first kappa shape index (κ1) is 11.6. The Morgan fingerprint density at radius 1 is 1.24 bits per heavy atom. The predicted molar refractivity (Wildman–Crippen MR) is 68.2 cm³/mol. The van der Waals surface area contributed by atoms with Crippen LogP contribution in [0.5, 0.6) is 0 Å². The highest BCUT2D eigenvalue weighted by Gasteiger charge is 2.10. The summed E-state index contributed by atoms with van der Waals surface area (Å²) in [6.45, 7) is 6.20. The Hall–Kier alpha value is -1.90. The molecule has 0 N–H and O–H groups in total. The monoisotopic (exact) mass is 228 g/mol. The van der Waals surface area contributed by atoms with Crippen molar-refractivity contribution in [1.82, 2.24) is 9.78 Å². The van der Waals surface area contributed by atoms with E-state index in [4.69, 9.17) is 0 Å². The van der Waals surface area contributed by atoms with Crippen LogP contribution in [0.25, 0.3) is 11.3 Å². The second-order valence-electron chi connectivity index (χ2n) is 4.45. The van der Waals surface area contributed by atoms with E-state index in [2.05, 4.69) is 25.0 Å². The molecule has 0 unspecified atom stereocenters. The smallest absolute Gasteiger partial charge is 0.150 e. The van der Waals surface area contributed by atoms with E-state index in [1.165, 1.54) is 0 Å². The van der Waals surface area contributed by atoms with Gasteiger partial charge in [-0.2, -0.15) is 5.10 Å². The third-order valence-corrected chi connectivity index (χ3v) is 2.69. The van der Waals surface area contributed by atoms with E-state index >= 15 is 0 Å². The number of nitrogens with zero attached hydrogens (tertiary/aromatic N) is 2. The fourth-order valence-corrected chi connectivity index (χ4v) is 1.86. The number of rotatable bonds is 3. The van der Waals surface area contributed by atoms with Crippen molar-refractivity contribution in [3.63, 3.8) is 0 Å². The molecule has 0 atom stereocenters. The lowest BCUT2D eigenvalue weighted by Crippen LogP contribution is -2.04. The lowest BCUT2D eigenvalue weighted by molar-refractivity contribution is 0.112. The summed E-state index contributed by atoms with van der Waals surface area (Å²) in [5.74, 6) is 0. The lowest BCUT2D eigenvalue weighted by Gasteiger charge is -2.10. The number of carbonyl (C=O) groups is 1. The minimum Gasteiger partial charge on any atom is -0.298 e. The van der Waals surface area contributed by atoms with E-state index in [-0.39, 0.29) is 0 Å². The van der Waals surface area contributed by atoms with Crippen molar-refractivity contribution in [3.8, 4) is 11.3 Å². The van der Waals surface area contributed by atoms with Gasteiger partial charge in [0.15, 0.2) is 0 Å². The molecule has 88 valence electrons. The molecule has 17 heavy (non-hydrogen) atoms. The molecule has 0 bridgehead atoms. The van der Waals surface area contributed by atoms with Gasteiger partial charge in [0.1, 0.15) is 6.29 Å². The minimum atomic E-state index is 0.324. The van der Waals surface area contributed by atoms with E-state index in [0.29, 0.717) is 11.6 Å². The summed E-state index contributed by atoms with van der Waals surface area (Å²) in [6.07, 6.45) is 0.856. The Kier molecular flexibility index (Phi) is 3.09. The molecule has 3 heteroatoms. The van der Waals surface area contributed by atoms with Crippen LogP contribution < -0.4 is 0 Å². The van der Waals surface area contributed by atoms with E-state index in [1.54, 1.807) is 0 Å². The summed E-state index contributed by atoms with van der Waals surface area (Å²) in [6, 6.07) is 9.96. The molecule has 2 rings (SSSR count). The van der Waals surface area contributed by atoms with Crippen LogP contribution in [0.1, 0.15) is 35.9 Å². The third-order valence-electron chi connectivity index (χ3n) is 2.69. The molecule has 0 saturated carbocycles. The summed E-state index contributed by atoms with van der Waals surface area (Å²) in [7, 11) is 0. The van der Waals surface area contributed by atoms with Crippen molar-refractivity contribution in [2.45, 2.75) is 26.8 Å². The molecule has 1 heterocycles. The first-order valence-corrected chi connectivity index (χ1v) is 5.73. The molecule has 0 radical (unpaired) electrons. The van der Waals surface area contributed by atoms with Crippen LogP contribution >= 0.6 is 0 Å². The molecule has 0 saturated heterocycles. The van der Waals surface area contributed by atoms with Crippen LogP contribution in [0.4, 0.5) is 0 Å². The van der Waals surface area contributed by atoms with Crippen LogP contribution in [0.3, 0.4) is 0 Å². The Labute approximate surface area is 101 Å². The van der Waals surface area contributed by atoms with Crippen LogP contribution in [0, 0.1) is 6.92 Å². The Morgan fingerprint density at radius 3 is 2.41 bits per heavy atom. The molecule has 0 fully saturated rings. The van der Waals surface area contributed by atoms with Gasteiger partial charge in [0.05, 0.1) is 11.4 Å². The highest BCUT2D eigenvalue weighted by atomic mass is 16.1. The number of aldehydes is 1. The molecule has 0 aliphatic carbocycles. The first-order chi connectivity index (χ1) is 8.11. The largest absolute Gasteiger partial charge is 0.298 e. The molecular weight excluding hydrogens is 212 g/mol. The topological polar surface area (TPSA) is 34.9 Å². The lowest BCUT2D eigenvalue weighted by atomic mass is 10.1. The third kappa shape index (κ3) is 2.28. The van der Waals surface area contributed by atoms with Crippen LogP contribution in [-0.4, -0.2) is 16.1 Å². The number of benzene rings is 1. The maximum Gasteiger partial charge on any atom is 0.150 e. The fraction of sp³-hybridized carbons (Fsp3) is 0.286.